The van der Waals surface area contributed by atoms with Gasteiger partial charge in [-0.25, -0.2) is 0 Å². The smallest absolute Gasteiger partial charge is 0.104 e. The van der Waals surface area contributed by atoms with Crippen molar-refractivity contribution in [1.29, 1.82) is 0 Å². The van der Waals surface area contributed by atoms with Crippen LogP contribution in [0.4, 0.5) is 0 Å². The van der Waals surface area contributed by atoms with E-state index >= 15 is 0 Å². The molecule has 0 spiro atoms. The Morgan fingerprint density at radius 2 is 2.13 bits per heavy atom. The Kier molecular flexibility index (Phi) is 3.61. The van der Waals surface area contributed by atoms with Gasteiger partial charge in [-0.3, -0.25) is 0 Å². The van der Waals surface area contributed by atoms with Gasteiger partial charge >= 0.3 is 0 Å². The lowest BCUT2D eigenvalue weighted by Gasteiger charge is -2.41. The fraction of sp³-hybridized carbons (Fsp3) is 1.00. The zero-order valence-corrected chi connectivity index (χ0v) is 9.02. The molecule has 1 aliphatic heterocycles. The molecule has 1 heterocycles. The summed E-state index contributed by atoms with van der Waals surface area (Å²) in [5.74, 6) is 0.0787. The van der Waals surface area contributed by atoms with Gasteiger partial charge in [0, 0.05) is 12.5 Å². The Labute approximate surface area is 90.2 Å². The summed E-state index contributed by atoms with van der Waals surface area (Å²) < 4.78 is 10.9. The molecule has 0 aromatic carbocycles. The van der Waals surface area contributed by atoms with Crippen LogP contribution in [0.2, 0.25) is 0 Å². The average Bonchev–Trinajstić information content (AvgIpc) is 3.10. The Bertz CT molecular complexity index is 205. The third-order valence-corrected chi connectivity index (χ3v) is 3.59. The predicted octanol–water partition coefficient (Wildman–Crippen LogP) is 0.315. The lowest BCUT2D eigenvalue weighted by molar-refractivity contribution is -0.148. The second-order valence-corrected chi connectivity index (χ2v) is 4.61. The lowest BCUT2D eigenvalue weighted by atomic mass is 9.76. The van der Waals surface area contributed by atoms with Crippen LogP contribution in [-0.2, 0) is 9.47 Å². The minimum Gasteiger partial charge on any atom is -0.396 e. The van der Waals surface area contributed by atoms with E-state index in [0.717, 1.165) is 32.3 Å². The quantitative estimate of drug-likeness (QED) is 0.649. The summed E-state index contributed by atoms with van der Waals surface area (Å²) in [6.07, 6.45) is 4.21. The Balaban J connectivity index is 1.94. The zero-order chi connectivity index (χ0) is 10.7. The van der Waals surface area contributed by atoms with Crippen molar-refractivity contribution in [1.82, 2.24) is 0 Å². The lowest BCUT2D eigenvalue weighted by Crippen LogP contribution is -2.48. The summed E-state index contributed by atoms with van der Waals surface area (Å²) in [5, 5.41) is 18.8. The van der Waals surface area contributed by atoms with E-state index in [-0.39, 0.29) is 25.2 Å². The van der Waals surface area contributed by atoms with Crippen LogP contribution in [0.1, 0.15) is 25.7 Å². The Hall–Kier alpha value is -0.160. The Morgan fingerprint density at radius 3 is 2.73 bits per heavy atom. The maximum Gasteiger partial charge on any atom is 0.104 e. The van der Waals surface area contributed by atoms with Gasteiger partial charge in [0.2, 0.25) is 0 Å². The summed E-state index contributed by atoms with van der Waals surface area (Å²) in [6, 6.07) is 0. The molecule has 3 unspecified atom stereocenters. The van der Waals surface area contributed by atoms with Gasteiger partial charge in [0.05, 0.1) is 25.4 Å². The molecule has 0 aromatic heterocycles. The number of hydrogen-bond donors (Lipinski definition) is 2. The summed E-state index contributed by atoms with van der Waals surface area (Å²) in [4.78, 5) is 0. The van der Waals surface area contributed by atoms with E-state index in [1.54, 1.807) is 0 Å². The van der Waals surface area contributed by atoms with Crippen LogP contribution in [0, 0.1) is 5.92 Å². The molecule has 1 saturated heterocycles. The molecule has 2 N–H and O–H groups in total. The van der Waals surface area contributed by atoms with Gasteiger partial charge in [-0.1, -0.05) is 12.8 Å². The van der Waals surface area contributed by atoms with Gasteiger partial charge in [-0.15, -0.1) is 0 Å². The van der Waals surface area contributed by atoms with Crippen molar-refractivity contribution in [2.75, 3.05) is 26.4 Å². The van der Waals surface area contributed by atoms with Gasteiger partial charge in [0.15, 0.2) is 0 Å². The molecule has 0 bridgehead atoms. The summed E-state index contributed by atoms with van der Waals surface area (Å²) >= 11 is 0. The fourth-order valence-electron chi connectivity index (χ4n) is 2.41. The molecule has 4 heteroatoms. The van der Waals surface area contributed by atoms with Gasteiger partial charge in [0.25, 0.3) is 0 Å². The van der Waals surface area contributed by atoms with Crippen LogP contribution in [0.5, 0.6) is 0 Å². The molecule has 15 heavy (non-hydrogen) atoms. The van der Waals surface area contributed by atoms with Crippen molar-refractivity contribution in [3.05, 3.63) is 0 Å². The molecule has 1 saturated carbocycles. The van der Waals surface area contributed by atoms with Gasteiger partial charge in [0.1, 0.15) is 6.10 Å². The molecule has 0 aromatic rings. The third-order valence-electron chi connectivity index (χ3n) is 3.59. The molecule has 0 radical (unpaired) electrons. The van der Waals surface area contributed by atoms with E-state index in [0.29, 0.717) is 6.61 Å². The summed E-state index contributed by atoms with van der Waals surface area (Å²) in [7, 11) is 0. The van der Waals surface area contributed by atoms with Crippen LogP contribution < -0.4 is 0 Å². The first kappa shape index (κ1) is 11.3. The van der Waals surface area contributed by atoms with Crippen molar-refractivity contribution in [3.8, 4) is 0 Å². The summed E-state index contributed by atoms with van der Waals surface area (Å²) in [6.45, 7) is 1.43. The maximum absolute atomic E-state index is 9.50. The number of epoxide rings is 1. The standard InChI is InChI=1S/C11H20O4/c12-5-9-3-1-2-4-11(9,8-13)15-7-10-6-14-10/h9-10,12-13H,1-8H2. The molecular formula is C11H20O4. The third kappa shape index (κ3) is 2.50. The predicted molar refractivity (Wildman–Crippen MR) is 54.6 cm³/mol. The molecule has 4 nitrogen and oxygen atoms in total. The zero-order valence-electron chi connectivity index (χ0n) is 9.02. The number of hydrogen-bond acceptors (Lipinski definition) is 4. The number of rotatable bonds is 5. The highest BCUT2D eigenvalue weighted by Crippen LogP contribution is 2.37. The average molecular weight is 216 g/mol. The highest BCUT2D eigenvalue weighted by Gasteiger charge is 2.42. The monoisotopic (exact) mass is 216 g/mol. The highest BCUT2D eigenvalue weighted by molar-refractivity contribution is 4.92. The highest BCUT2D eigenvalue weighted by atomic mass is 16.6. The minimum atomic E-state index is -0.515. The summed E-state index contributed by atoms with van der Waals surface area (Å²) in [5.41, 5.74) is -0.515. The molecule has 3 atom stereocenters. The first-order valence-electron chi connectivity index (χ1n) is 5.78. The molecule has 2 aliphatic rings. The molecule has 0 amide bonds. The van der Waals surface area contributed by atoms with Gasteiger partial charge in [-0.2, -0.15) is 0 Å². The van der Waals surface area contributed by atoms with Crippen LogP contribution in [-0.4, -0.2) is 48.3 Å². The molecule has 2 fully saturated rings. The largest absolute Gasteiger partial charge is 0.396 e. The van der Waals surface area contributed by atoms with E-state index in [4.69, 9.17) is 9.47 Å². The molecule has 1 aliphatic carbocycles. The fourth-order valence-corrected chi connectivity index (χ4v) is 2.41. The van der Waals surface area contributed by atoms with E-state index in [9.17, 15) is 10.2 Å². The maximum atomic E-state index is 9.50. The SMILES string of the molecule is OCC1CCCCC1(CO)OCC1CO1. The van der Waals surface area contributed by atoms with Crippen molar-refractivity contribution in [2.45, 2.75) is 37.4 Å². The first-order chi connectivity index (χ1) is 7.30. The van der Waals surface area contributed by atoms with E-state index in [2.05, 4.69) is 0 Å². The van der Waals surface area contributed by atoms with Crippen molar-refractivity contribution >= 4 is 0 Å². The van der Waals surface area contributed by atoms with Crippen molar-refractivity contribution in [2.24, 2.45) is 5.92 Å². The Morgan fingerprint density at radius 1 is 1.33 bits per heavy atom. The number of aliphatic hydroxyl groups is 2. The van der Waals surface area contributed by atoms with Gasteiger partial charge in [-0.05, 0) is 12.8 Å². The normalized spacial score (nSPS) is 40.4. The van der Waals surface area contributed by atoms with Crippen LogP contribution >= 0.6 is 0 Å². The van der Waals surface area contributed by atoms with E-state index in [1.165, 1.54) is 0 Å². The topological polar surface area (TPSA) is 62.2 Å². The van der Waals surface area contributed by atoms with E-state index < -0.39 is 5.60 Å². The first-order valence-corrected chi connectivity index (χ1v) is 5.78. The van der Waals surface area contributed by atoms with Crippen LogP contribution in [0.15, 0.2) is 0 Å². The van der Waals surface area contributed by atoms with Crippen LogP contribution in [0.3, 0.4) is 0 Å². The van der Waals surface area contributed by atoms with Crippen molar-refractivity contribution < 1.29 is 19.7 Å². The minimum absolute atomic E-state index is 0.00491. The molecule has 88 valence electrons. The van der Waals surface area contributed by atoms with E-state index in [1.807, 2.05) is 0 Å². The second kappa shape index (κ2) is 4.78. The number of ether oxygens (including phenoxy) is 2. The second-order valence-electron chi connectivity index (χ2n) is 4.61. The van der Waals surface area contributed by atoms with Crippen LogP contribution in [0.25, 0.3) is 0 Å². The molecular weight excluding hydrogens is 196 g/mol. The number of aliphatic hydroxyl groups excluding tert-OH is 2. The molecule has 2 rings (SSSR count). The van der Waals surface area contributed by atoms with Crippen molar-refractivity contribution in [3.63, 3.8) is 0 Å². The van der Waals surface area contributed by atoms with Gasteiger partial charge < -0.3 is 19.7 Å².